The molecule has 170 valence electrons. The van der Waals surface area contributed by atoms with Gasteiger partial charge in [0.15, 0.2) is 0 Å². The quantitative estimate of drug-likeness (QED) is 0.407. The van der Waals surface area contributed by atoms with Gasteiger partial charge in [0, 0.05) is 24.1 Å². The first-order valence-corrected chi connectivity index (χ1v) is 12.4. The Morgan fingerprint density at radius 3 is 2.65 bits per heavy atom. The average molecular weight is 465 g/mol. The molecule has 2 N–H and O–H groups in total. The number of aliphatic carboxylic acids is 1. The Labute approximate surface area is 194 Å². The highest BCUT2D eigenvalue weighted by molar-refractivity contribution is 7.10. The molecule has 1 fully saturated rings. The molecular formula is C23H33ClN4O2S. The number of aromatic nitrogens is 2. The van der Waals surface area contributed by atoms with E-state index in [0.717, 1.165) is 29.9 Å². The standard InChI is InChI=1S/C23H33ClN4O2S/c1-4-16(13-21(29)30)17-10-11-20(19(12-17)25-23-26-22(24)27-31-23)28(14-15(2)3)18-8-6-5-7-9-18/h10-12,15-16,18H,4-9,13-14H2,1-3H3,(H,29,30)(H,25,26,27)/t16-/m0/s1. The fourth-order valence-corrected chi connectivity index (χ4v) is 5.19. The van der Waals surface area contributed by atoms with Gasteiger partial charge in [0.25, 0.3) is 0 Å². The van der Waals surface area contributed by atoms with Crippen molar-refractivity contribution in [3.63, 3.8) is 0 Å². The van der Waals surface area contributed by atoms with Crippen molar-refractivity contribution in [2.45, 2.75) is 77.7 Å². The molecule has 31 heavy (non-hydrogen) atoms. The maximum Gasteiger partial charge on any atom is 0.303 e. The van der Waals surface area contributed by atoms with Gasteiger partial charge in [-0.2, -0.15) is 9.36 Å². The molecule has 1 aromatic carbocycles. The van der Waals surface area contributed by atoms with Crippen LogP contribution in [0.4, 0.5) is 16.5 Å². The molecule has 2 aromatic rings. The highest BCUT2D eigenvalue weighted by Crippen LogP contribution is 2.38. The van der Waals surface area contributed by atoms with Gasteiger partial charge in [0.2, 0.25) is 10.4 Å². The predicted molar refractivity (Wildman–Crippen MR) is 129 cm³/mol. The van der Waals surface area contributed by atoms with Crippen LogP contribution >= 0.6 is 23.1 Å². The lowest BCUT2D eigenvalue weighted by molar-refractivity contribution is -0.137. The Morgan fingerprint density at radius 1 is 1.32 bits per heavy atom. The van der Waals surface area contributed by atoms with Gasteiger partial charge >= 0.3 is 5.97 Å². The Bertz CT molecular complexity index is 867. The van der Waals surface area contributed by atoms with E-state index in [2.05, 4.69) is 51.6 Å². The summed E-state index contributed by atoms with van der Waals surface area (Å²) in [4.78, 5) is 18.2. The van der Waals surface area contributed by atoms with E-state index in [1.54, 1.807) is 0 Å². The SMILES string of the molecule is CC[C@@H](CC(=O)O)c1ccc(N(CC(C)C)C2CCCCC2)c(Nc2nc(Cl)ns2)c1. The van der Waals surface area contributed by atoms with Crippen LogP contribution in [0.3, 0.4) is 0 Å². The number of anilines is 3. The third kappa shape index (κ3) is 6.56. The molecule has 3 rings (SSSR count). The molecule has 1 aromatic heterocycles. The molecule has 0 bridgehead atoms. The molecule has 1 atom stereocenters. The molecule has 1 aliphatic rings. The predicted octanol–water partition coefficient (Wildman–Crippen LogP) is 6.70. The van der Waals surface area contributed by atoms with E-state index >= 15 is 0 Å². The van der Waals surface area contributed by atoms with Crippen LogP contribution in [-0.4, -0.2) is 33.0 Å². The largest absolute Gasteiger partial charge is 0.481 e. The Balaban J connectivity index is 2.01. The van der Waals surface area contributed by atoms with Gasteiger partial charge in [0.05, 0.1) is 17.8 Å². The van der Waals surface area contributed by atoms with E-state index in [0.29, 0.717) is 17.1 Å². The normalized spacial score (nSPS) is 15.8. The van der Waals surface area contributed by atoms with E-state index < -0.39 is 5.97 Å². The van der Waals surface area contributed by atoms with Crippen LogP contribution < -0.4 is 10.2 Å². The first-order valence-electron chi connectivity index (χ1n) is 11.3. The topological polar surface area (TPSA) is 78.4 Å². The molecular weight excluding hydrogens is 432 g/mol. The second-order valence-corrected chi connectivity index (χ2v) is 9.90. The molecule has 0 saturated heterocycles. The first kappa shape index (κ1) is 23.8. The number of carboxylic acids is 1. The summed E-state index contributed by atoms with van der Waals surface area (Å²) in [6.45, 7) is 7.51. The van der Waals surface area contributed by atoms with Crippen LogP contribution in [0.5, 0.6) is 0 Å². The fraction of sp³-hybridized carbons (Fsp3) is 0.609. The van der Waals surface area contributed by atoms with Crippen molar-refractivity contribution >= 4 is 45.6 Å². The van der Waals surface area contributed by atoms with Crippen LogP contribution in [0.15, 0.2) is 18.2 Å². The van der Waals surface area contributed by atoms with Crippen molar-refractivity contribution in [3.05, 3.63) is 29.0 Å². The van der Waals surface area contributed by atoms with Crippen molar-refractivity contribution in [2.75, 3.05) is 16.8 Å². The lowest BCUT2D eigenvalue weighted by Crippen LogP contribution is -2.39. The molecule has 1 aliphatic carbocycles. The van der Waals surface area contributed by atoms with Crippen LogP contribution in [0.2, 0.25) is 5.28 Å². The molecule has 1 heterocycles. The van der Waals surface area contributed by atoms with E-state index in [4.69, 9.17) is 11.6 Å². The summed E-state index contributed by atoms with van der Waals surface area (Å²) in [6.07, 6.45) is 7.15. The monoisotopic (exact) mass is 464 g/mol. The fourth-order valence-electron chi connectivity index (χ4n) is 4.47. The minimum Gasteiger partial charge on any atom is -0.481 e. The van der Waals surface area contributed by atoms with Gasteiger partial charge in [-0.3, -0.25) is 4.79 Å². The number of hydrogen-bond donors (Lipinski definition) is 2. The molecule has 8 heteroatoms. The van der Waals surface area contributed by atoms with Gasteiger partial charge in [0.1, 0.15) is 0 Å². The summed E-state index contributed by atoms with van der Waals surface area (Å²) in [7, 11) is 0. The second-order valence-electron chi connectivity index (χ2n) is 8.81. The number of rotatable bonds is 10. The van der Waals surface area contributed by atoms with Crippen LogP contribution in [-0.2, 0) is 4.79 Å². The summed E-state index contributed by atoms with van der Waals surface area (Å²) in [5.41, 5.74) is 3.11. The van der Waals surface area contributed by atoms with Gasteiger partial charge < -0.3 is 15.3 Å². The molecule has 0 amide bonds. The molecule has 0 unspecified atom stereocenters. The lowest BCUT2D eigenvalue weighted by Gasteiger charge is -2.38. The van der Waals surface area contributed by atoms with E-state index in [1.807, 2.05) is 6.92 Å². The minimum atomic E-state index is -0.773. The molecule has 1 saturated carbocycles. The van der Waals surface area contributed by atoms with Crippen LogP contribution in [0, 0.1) is 5.92 Å². The van der Waals surface area contributed by atoms with Crippen molar-refractivity contribution in [2.24, 2.45) is 5.92 Å². The first-order chi connectivity index (χ1) is 14.9. The molecule has 0 spiro atoms. The Hall–Kier alpha value is -1.86. The van der Waals surface area contributed by atoms with Crippen molar-refractivity contribution in [1.82, 2.24) is 9.36 Å². The summed E-state index contributed by atoms with van der Waals surface area (Å²) in [5.74, 6) is -0.274. The number of hydrogen-bond acceptors (Lipinski definition) is 6. The molecule has 0 radical (unpaired) electrons. The van der Waals surface area contributed by atoms with E-state index in [1.165, 1.54) is 43.6 Å². The van der Waals surface area contributed by atoms with Crippen LogP contribution in [0.25, 0.3) is 0 Å². The maximum atomic E-state index is 11.4. The Kier molecular flexibility index (Phi) is 8.55. The van der Waals surface area contributed by atoms with Crippen molar-refractivity contribution < 1.29 is 9.90 Å². The zero-order chi connectivity index (χ0) is 22.4. The zero-order valence-electron chi connectivity index (χ0n) is 18.6. The van der Waals surface area contributed by atoms with Gasteiger partial charge in [-0.25, -0.2) is 0 Å². The summed E-state index contributed by atoms with van der Waals surface area (Å²) in [5, 5.41) is 13.6. The summed E-state index contributed by atoms with van der Waals surface area (Å²) in [6, 6.07) is 6.86. The average Bonchev–Trinajstić information content (AvgIpc) is 3.15. The third-order valence-corrected chi connectivity index (χ3v) is 6.84. The maximum absolute atomic E-state index is 11.4. The van der Waals surface area contributed by atoms with Crippen molar-refractivity contribution in [1.29, 1.82) is 0 Å². The number of nitrogens with zero attached hydrogens (tertiary/aromatic N) is 3. The summed E-state index contributed by atoms with van der Waals surface area (Å²) < 4.78 is 4.08. The highest BCUT2D eigenvalue weighted by Gasteiger charge is 2.25. The third-order valence-electron chi connectivity index (χ3n) is 5.94. The molecule has 0 aliphatic heterocycles. The number of carboxylic acid groups (broad SMARTS) is 1. The van der Waals surface area contributed by atoms with Gasteiger partial charge in [-0.15, -0.1) is 0 Å². The minimum absolute atomic E-state index is 0.0293. The van der Waals surface area contributed by atoms with E-state index in [-0.39, 0.29) is 17.6 Å². The van der Waals surface area contributed by atoms with Crippen LogP contribution in [0.1, 0.15) is 77.2 Å². The van der Waals surface area contributed by atoms with E-state index in [9.17, 15) is 9.90 Å². The lowest BCUT2D eigenvalue weighted by atomic mass is 9.90. The number of halogens is 1. The number of benzene rings is 1. The van der Waals surface area contributed by atoms with Gasteiger partial charge in [-0.05, 0) is 60.4 Å². The number of nitrogens with one attached hydrogen (secondary N) is 1. The highest BCUT2D eigenvalue weighted by atomic mass is 35.5. The van der Waals surface area contributed by atoms with Crippen molar-refractivity contribution in [3.8, 4) is 0 Å². The second kappa shape index (κ2) is 11.1. The molecule has 6 nitrogen and oxygen atoms in total. The van der Waals surface area contributed by atoms with Gasteiger partial charge in [-0.1, -0.05) is 46.1 Å². The summed E-state index contributed by atoms with van der Waals surface area (Å²) >= 11 is 7.18. The Morgan fingerprint density at radius 2 is 2.06 bits per heavy atom. The zero-order valence-corrected chi connectivity index (χ0v) is 20.2. The number of carbonyl (C=O) groups is 1. The smallest absolute Gasteiger partial charge is 0.303 e.